The molecule has 11 heteroatoms. The molecule has 1 amide bonds. The average molecular weight is 434 g/mol. The summed E-state index contributed by atoms with van der Waals surface area (Å²) < 4.78 is 67.7. The van der Waals surface area contributed by atoms with Crippen molar-refractivity contribution in [2.45, 2.75) is 37.5 Å². The number of carbonyl (C=O) groups excluding carboxylic acids is 2. The van der Waals surface area contributed by atoms with E-state index >= 15 is 0 Å². The van der Waals surface area contributed by atoms with Crippen molar-refractivity contribution in [1.29, 1.82) is 0 Å². The zero-order valence-electron chi connectivity index (χ0n) is 15.3. The topological polar surface area (TPSA) is 102 Å². The average Bonchev–Trinajstić information content (AvgIpc) is 2.61. The first kappa shape index (κ1) is 22.9. The lowest BCUT2D eigenvalue weighted by Crippen LogP contribution is -2.45. The van der Waals surface area contributed by atoms with E-state index in [1.54, 1.807) is 41.1 Å². The predicted molar refractivity (Wildman–Crippen MR) is 98.0 cm³/mol. The standard InChI is InChI=1S/C18H21F3N2O5S/c19-18(20,21)12-29(26,27)23-14-9-5-2-6-10-16(24)22-15(11-28-17(14)25)13-7-3-1-4-8-13/h1-5,7-8,14-15,23H,6,9-12H2,(H,22,24)/b5-2+/t14-,15+/m1/s1. The van der Waals surface area contributed by atoms with Crippen LogP contribution >= 0.6 is 0 Å². The van der Waals surface area contributed by atoms with Gasteiger partial charge >= 0.3 is 12.1 Å². The van der Waals surface area contributed by atoms with Crippen LogP contribution < -0.4 is 10.0 Å². The Morgan fingerprint density at radius 1 is 1.14 bits per heavy atom. The summed E-state index contributed by atoms with van der Waals surface area (Å²) in [7, 11) is -4.79. The molecule has 1 aromatic carbocycles. The molecule has 0 aromatic heterocycles. The number of amides is 1. The van der Waals surface area contributed by atoms with Crippen LogP contribution in [0.5, 0.6) is 0 Å². The van der Waals surface area contributed by atoms with E-state index in [4.69, 9.17) is 4.74 Å². The second kappa shape index (κ2) is 9.88. The third-order valence-electron chi connectivity index (χ3n) is 3.97. The Morgan fingerprint density at radius 3 is 2.48 bits per heavy atom. The van der Waals surface area contributed by atoms with E-state index in [-0.39, 0.29) is 25.4 Å². The number of cyclic esters (lactones) is 1. The van der Waals surface area contributed by atoms with Crippen LogP contribution in [0.1, 0.15) is 30.9 Å². The fourth-order valence-corrected chi connectivity index (χ4v) is 3.81. The van der Waals surface area contributed by atoms with Crippen molar-refractivity contribution < 1.29 is 35.9 Å². The number of alkyl halides is 3. The molecule has 1 aromatic rings. The molecule has 2 atom stereocenters. The highest BCUT2D eigenvalue weighted by Gasteiger charge is 2.37. The van der Waals surface area contributed by atoms with Gasteiger partial charge in [0, 0.05) is 6.42 Å². The number of benzene rings is 1. The smallest absolute Gasteiger partial charge is 0.404 e. The molecule has 1 heterocycles. The third kappa shape index (κ3) is 8.24. The second-order valence-corrected chi connectivity index (χ2v) is 8.21. The fraction of sp³-hybridized carbons (Fsp3) is 0.444. The van der Waals surface area contributed by atoms with Crippen molar-refractivity contribution in [3.63, 3.8) is 0 Å². The second-order valence-electron chi connectivity index (χ2n) is 6.45. The number of allylic oxidation sites excluding steroid dienone is 1. The molecule has 1 aliphatic heterocycles. The molecule has 0 spiro atoms. The Bertz CT molecular complexity index is 841. The summed E-state index contributed by atoms with van der Waals surface area (Å²) >= 11 is 0. The SMILES string of the molecule is O=C1CC/C=C/C[C@@H](NS(=O)(=O)CC(F)(F)F)C(=O)OC[C@@H](c2ccccc2)N1. The van der Waals surface area contributed by atoms with Crippen LogP contribution in [0.15, 0.2) is 42.5 Å². The molecule has 0 bridgehead atoms. The zero-order valence-corrected chi connectivity index (χ0v) is 16.1. The number of nitrogens with one attached hydrogen (secondary N) is 2. The highest BCUT2D eigenvalue weighted by Crippen LogP contribution is 2.18. The molecule has 0 unspecified atom stereocenters. The van der Waals surface area contributed by atoms with E-state index in [1.807, 2.05) is 0 Å². The van der Waals surface area contributed by atoms with Gasteiger partial charge in [0.1, 0.15) is 12.6 Å². The first-order chi connectivity index (χ1) is 13.6. The van der Waals surface area contributed by atoms with Gasteiger partial charge < -0.3 is 10.1 Å². The maximum absolute atomic E-state index is 12.5. The van der Waals surface area contributed by atoms with E-state index in [0.29, 0.717) is 12.0 Å². The minimum atomic E-state index is -4.94. The van der Waals surface area contributed by atoms with E-state index < -0.39 is 40.0 Å². The first-order valence-electron chi connectivity index (χ1n) is 8.78. The van der Waals surface area contributed by atoms with Crippen LogP contribution in [0, 0.1) is 0 Å². The van der Waals surface area contributed by atoms with Crippen molar-refractivity contribution >= 4 is 21.9 Å². The van der Waals surface area contributed by atoms with Gasteiger partial charge in [-0.2, -0.15) is 13.2 Å². The normalized spacial score (nSPS) is 23.3. The summed E-state index contributed by atoms with van der Waals surface area (Å²) in [5.41, 5.74) is 0.662. The maximum atomic E-state index is 12.5. The largest absolute Gasteiger partial charge is 0.462 e. The van der Waals surface area contributed by atoms with Crippen LogP contribution in [0.3, 0.4) is 0 Å². The lowest BCUT2D eigenvalue weighted by molar-refractivity contribution is -0.147. The van der Waals surface area contributed by atoms with Gasteiger partial charge in [-0.1, -0.05) is 42.5 Å². The number of sulfonamides is 1. The molecule has 1 aliphatic rings. The number of halogens is 3. The molecule has 2 N–H and O–H groups in total. The van der Waals surface area contributed by atoms with Crippen LogP contribution in [-0.2, 0) is 24.3 Å². The Morgan fingerprint density at radius 2 is 1.83 bits per heavy atom. The van der Waals surface area contributed by atoms with Gasteiger partial charge in [-0.15, -0.1) is 0 Å². The molecular formula is C18H21F3N2O5S. The monoisotopic (exact) mass is 434 g/mol. The predicted octanol–water partition coefficient (Wildman–Crippen LogP) is 1.98. The van der Waals surface area contributed by atoms with E-state index in [2.05, 4.69) is 5.32 Å². The molecule has 29 heavy (non-hydrogen) atoms. The fourth-order valence-electron chi connectivity index (χ4n) is 2.67. The number of hydrogen-bond acceptors (Lipinski definition) is 5. The molecule has 160 valence electrons. The quantitative estimate of drug-likeness (QED) is 0.558. The molecule has 2 rings (SSSR count). The van der Waals surface area contributed by atoms with Gasteiger partial charge in [0.25, 0.3) is 0 Å². The van der Waals surface area contributed by atoms with Crippen LogP contribution in [0.4, 0.5) is 13.2 Å². The van der Waals surface area contributed by atoms with Crippen molar-refractivity contribution in [3.8, 4) is 0 Å². The summed E-state index contributed by atoms with van der Waals surface area (Å²) in [5, 5.41) is 2.73. The molecular weight excluding hydrogens is 413 g/mol. The van der Waals surface area contributed by atoms with E-state index in [9.17, 15) is 31.2 Å². The molecule has 0 radical (unpaired) electrons. The van der Waals surface area contributed by atoms with Crippen molar-refractivity contribution in [1.82, 2.24) is 10.0 Å². The minimum absolute atomic E-state index is 0.151. The highest BCUT2D eigenvalue weighted by atomic mass is 32.2. The Balaban J connectivity index is 2.18. The number of esters is 1. The van der Waals surface area contributed by atoms with Crippen molar-refractivity contribution in [3.05, 3.63) is 48.0 Å². The maximum Gasteiger partial charge on any atom is 0.404 e. The molecule has 7 nitrogen and oxygen atoms in total. The zero-order chi connectivity index (χ0) is 21.5. The highest BCUT2D eigenvalue weighted by molar-refractivity contribution is 7.89. The Hall–Kier alpha value is -2.40. The van der Waals surface area contributed by atoms with E-state index in [0.717, 1.165) is 0 Å². The number of rotatable bonds is 4. The Kier molecular flexibility index (Phi) is 7.80. The van der Waals surface area contributed by atoms with Gasteiger partial charge in [0.2, 0.25) is 15.9 Å². The van der Waals surface area contributed by atoms with Crippen LogP contribution in [-0.4, -0.2) is 44.9 Å². The van der Waals surface area contributed by atoms with Crippen molar-refractivity contribution in [2.24, 2.45) is 0 Å². The summed E-state index contributed by atoms with van der Waals surface area (Å²) in [4.78, 5) is 24.4. The summed E-state index contributed by atoms with van der Waals surface area (Å²) in [6, 6.07) is 6.48. The summed E-state index contributed by atoms with van der Waals surface area (Å²) in [5.74, 6) is -3.39. The number of carbonyl (C=O) groups is 2. The van der Waals surface area contributed by atoms with Gasteiger partial charge in [-0.05, 0) is 18.4 Å². The van der Waals surface area contributed by atoms with E-state index in [1.165, 1.54) is 6.08 Å². The van der Waals surface area contributed by atoms with Gasteiger partial charge in [0.05, 0.1) is 6.04 Å². The molecule has 0 fully saturated rings. The van der Waals surface area contributed by atoms with Crippen LogP contribution in [0.2, 0.25) is 0 Å². The Labute approximate surface area is 166 Å². The molecule has 0 aliphatic carbocycles. The summed E-state index contributed by atoms with van der Waals surface area (Å²) in [6.45, 7) is -0.296. The van der Waals surface area contributed by atoms with Gasteiger partial charge in [-0.3, -0.25) is 9.59 Å². The lowest BCUT2D eigenvalue weighted by atomic mass is 10.1. The van der Waals surface area contributed by atoms with Gasteiger partial charge in [-0.25, -0.2) is 13.1 Å². The molecule has 0 saturated heterocycles. The van der Waals surface area contributed by atoms with Crippen molar-refractivity contribution in [2.75, 3.05) is 12.4 Å². The summed E-state index contributed by atoms with van der Waals surface area (Å²) in [6.07, 6.45) is -1.70. The first-order valence-corrected chi connectivity index (χ1v) is 10.4. The minimum Gasteiger partial charge on any atom is -0.462 e. The van der Waals surface area contributed by atoms with Crippen LogP contribution in [0.25, 0.3) is 0 Å². The third-order valence-corrected chi connectivity index (χ3v) is 5.32. The lowest BCUT2D eigenvalue weighted by Gasteiger charge is -2.22. The number of ether oxygens (including phenoxy) is 1. The molecule has 0 saturated carbocycles. The van der Waals surface area contributed by atoms with Gasteiger partial charge in [0.15, 0.2) is 5.75 Å². The number of hydrogen-bond donors (Lipinski definition) is 2.